The topological polar surface area (TPSA) is 65.7 Å². The van der Waals surface area contributed by atoms with E-state index in [0.717, 1.165) is 28.7 Å². The number of hydrogen-bond acceptors (Lipinski definition) is 5. The number of para-hydroxylation sites is 1. The molecule has 0 saturated carbocycles. The van der Waals surface area contributed by atoms with E-state index in [1.54, 1.807) is 0 Å². The van der Waals surface area contributed by atoms with Gasteiger partial charge in [-0.1, -0.05) is 37.3 Å². The largest absolute Gasteiger partial charge is 0.494 e. The maximum atomic E-state index is 12.2. The average molecular weight is 380 g/mol. The molecule has 1 heterocycles. The monoisotopic (exact) mass is 380 g/mol. The van der Waals surface area contributed by atoms with E-state index in [2.05, 4.69) is 0 Å². The Kier molecular flexibility index (Phi) is 6.48. The molecule has 0 fully saturated rings. The van der Waals surface area contributed by atoms with E-state index in [1.807, 2.05) is 56.3 Å². The van der Waals surface area contributed by atoms with Gasteiger partial charge in [-0.3, -0.25) is 4.79 Å². The summed E-state index contributed by atoms with van der Waals surface area (Å²) >= 11 is 0. The van der Waals surface area contributed by atoms with Gasteiger partial charge < -0.3 is 13.9 Å². The van der Waals surface area contributed by atoms with Gasteiger partial charge in [0.1, 0.15) is 17.9 Å². The summed E-state index contributed by atoms with van der Waals surface area (Å²) in [5.74, 6) is 0.467. The number of fused-ring (bicyclic) bond motifs is 1. The van der Waals surface area contributed by atoms with E-state index in [-0.39, 0.29) is 19.0 Å². The lowest BCUT2D eigenvalue weighted by atomic mass is 10.1. The molecule has 0 aliphatic rings. The summed E-state index contributed by atoms with van der Waals surface area (Å²) < 4.78 is 16.3. The Balaban J connectivity index is 1.66. The van der Waals surface area contributed by atoms with Gasteiger partial charge in [0, 0.05) is 23.4 Å². The Hall–Kier alpha value is -3.08. The van der Waals surface area contributed by atoms with Crippen LogP contribution in [-0.2, 0) is 29.0 Å². The fourth-order valence-corrected chi connectivity index (χ4v) is 3.09. The summed E-state index contributed by atoms with van der Waals surface area (Å²) in [6.45, 7) is 4.58. The SMILES string of the molecule is CCOc1ccccc1CCC(=O)OCc1cc(=O)oc2cc(CC)ccc12. The molecule has 0 N–H and O–H groups in total. The fourth-order valence-electron chi connectivity index (χ4n) is 3.09. The molecule has 0 spiro atoms. The van der Waals surface area contributed by atoms with Crippen LogP contribution in [0.15, 0.2) is 57.7 Å². The summed E-state index contributed by atoms with van der Waals surface area (Å²) in [6, 6.07) is 14.8. The lowest BCUT2D eigenvalue weighted by molar-refractivity contribution is -0.144. The van der Waals surface area contributed by atoms with Crippen LogP contribution in [0.2, 0.25) is 0 Å². The van der Waals surface area contributed by atoms with E-state index in [1.165, 1.54) is 6.07 Å². The van der Waals surface area contributed by atoms with Crippen molar-refractivity contribution in [3.05, 3.63) is 75.6 Å². The summed E-state index contributed by atoms with van der Waals surface area (Å²) in [6.07, 6.45) is 1.62. The summed E-state index contributed by atoms with van der Waals surface area (Å²) in [5.41, 5.74) is 2.77. The lowest BCUT2D eigenvalue weighted by Crippen LogP contribution is -2.09. The van der Waals surface area contributed by atoms with E-state index >= 15 is 0 Å². The standard InChI is InChI=1S/C23H24O5/c1-3-16-9-11-19-18(14-23(25)28-21(19)13-16)15-27-22(24)12-10-17-7-5-6-8-20(17)26-4-2/h5-9,11,13-14H,3-4,10,12,15H2,1-2H3. The Bertz CT molecular complexity index is 1020. The van der Waals surface area contributed by atoms with Crippen molar-refractivity contribution in [2.45, 2.75) is 39.7 Å². The molecule has 5 nitrogen and oxygen atoms in total. The molecule has 5 heteroatoms. The quantitative estimate of drug-likeness (QED) is 0.427. The molecular weight excluding hydrogens is 356 g/mol. The number of hydrogen-bond donors (Lipinski definition) is 0. The zero-order valence-electron chi connectivity index (χ0n) is 16.2. The molecule has 3 rings (SSSR count). The second-order valence-electron chi connectivity index (χ2n) is 6.48. The molecule has 0 aliphatic carbocycles. The van der Waals surface area contributed by atoms with Gasteiger partial charge in [0.2, 0.25) is 0 Å². The number of carbonyl (C=O) groups excluding carboxylic acids is 1. The van der Waals surface area contributed by atoms with Crippen molar-refractivity contribution < 1.29 is 18.7 Å². The van der Waals surface area contributed by atoms with E-state index < -0.39 is 5.63 Å². The summed E-state index contributed by atoms with van der Waals surface area (Å²) in [4.78, 5) is 24.1. The Morgan fingerprint density at radius 1 is 1.04 bits per heavy atom. The molecule has 28 heavy (non-hydrogen) atoms. The molecule has 0 saturated heterocycles. The van der Waals surface area contributed by atoms with E-state index in [4.69, 9.17) is 13.9 Å². The molecule has 0 unspecified atom stereocenters. The first-order chi connectivity index (χ1) is 13.6. The van der Waals surface area contributed by atoms with Crippen LogP contribution in [0, 0.1) is 0 Å². The Labute approximate surface area is 163 Å². The second kappa shape index (κ2) is 9.22. The lowest BCUT2D eigenvalue weighted by Gasteiger charge is -2.10. The minimum atomic E-state index is -0.447. The van der Waals surface area contributed by atoms with Crippen molar-refractivity contribution in [2.24, 2.45) is 0 Å². The highest BCUT2D eigenvalue weighted by atomic mass is 16.5. The molecule has 0 bridgehead atoms. The highest BCUT2D eigenvalue weighted by Crippen LogP contribution is 2.21. The molecule has 146 valence electrons. The van der Waals surface area contributed by atoms with Crippen LogP contribution < -0.4 is 10.4 Å². The average Bonchev–Trinajstić information content (AvgIpc) is 2.71. The van der Waals surface area contributed by atoms with Gasteiger partial charge in [0.25, 0.3) is 0 Å². The predicted octanol–water partition coefficient (Wildman–Crippen LogP) is 4.43. The van der Waals surface area contributed by atoms with E-state index in [0.29, 0.717) is 24.2 Å². The zero-order valence-corrected chi connectivity index (χ0v) is 16.2. The highest BCUT2D eigenvalue weighted by Gasteiger charge is 2.11. The van der Waals surface area contributed by atoms with Crippen LogP contribution in [-0.4, -0.2) is 12.6 Å². The molecular formula is C23H24O5. The van der Waals surface area contributed by atoms with Gasteiger partial charge in [-0.05, 0) is 43.0 Å². The first kappa shape index (κ1) is 19.7. The van der Waals surface area contributed by atoms with Crippen LogP contribution >= 0.6 is 0 Å². The molecule has 1 aromatic heterocycles. The number of carbonyl (C=O) groups is 1. The van der Waals surface area contributed by atoms with Crippen molar-refractivity contribution in [1.82, 2.24) is 0 Å². The number of esters is 1. The number of ether oxygens (including phenoxy) is 2. The van der Waals surface area contributed by atoms with Crippen molar-refractivity contribution in [3.8, 4) is 5.75 Å². The minimum absolute atomic E-state index is 0.0412. The van der Waals surface area contributed by atoms with Gasteiger partial charge in [-0.15, -0.1) is 0 Å². The van der Waals surface area contributed by atoms with Gasteiger partial charge in [0.15, 0.2) is 0 Å². The van der Waals surface area contributed by atoms with Gasteiger partial charge in [-0.2, -0.15) is 0 Å². The Morgan fingerprint density at radius 2 is 1.86 bits per heavy atom. The second-order valence-corrected chi connectivity index (χ2v) is 6.48. The molecule has 3 aromatic rings. The first-order valence-electron chi connectivity index (χ1n) is 9.52. The molecule has 2 aromatic carbocycles. The van der Waals surface area contributed by atoms with Crippen LogP contribution in [0.4, 0.5) is 0 Å². The summed E-state index contributed by atoms with van der Waals surface area (Å²) in [7, 11) is 0. The van der Waals surface area contributed by atoms with Gasteiger partial charge in [-0.25, -0.2) is 4.79 Å². The van der Waals surface area contributed by atoms with Gasteiger partial charge in [0.05, 0.1) is 6.61 Å². The Morgan fingerprint density at radius 3 is 2.64 bits per heavy atom. The van der Waals surface area contributed by atoms with Crippen LogP contribution in [0.5, 0.6) is 5.75 Å². The number of aryl methyl sites for hydroxylation is 2. The number of benzene rings is 2. The van der Waals surface area contributed by atoms with Crippen LogP contribution in [0.1, 0.15) is 37.0 Å². The summed E-state index contributed by atoms with van der Waals surface area (Å²) in [5, 5.41) is 0.784. The smallest absolute Gasteiger partial charge is 0.336 e. The zero-order chi connectivity index (χ0) is 19.9. The molecule has 0 atom stereocenters. The molecule has 0 radical (unpaired) electrons. The van der Waals surface area contributed by atoms with Crippen LogP contribution in [0.25, 0.3) is 11.0 Å². The first-order valence-corrected chi connectivity index (χ1v) is 9.52. The van der Waals surface area contributed by atoms with Crippen molar-refractivity contribution in [2.75, 3.05) is 6.61 Å². The van der Waals surface area contributed by atoms with Crippen molar-refractivity contribution in [3.63, 3.8) is 0 Å². The minimum Gasteiger partial charge on any atom is -0.494 e. The number of rotatable bonds is 8. The van der Waals surface area contributed by atoms with Crippen molar-refractivity contribution in [1.29, 1.82) is 0 Å². The van der Waals surface area contributed by atoms with Crippen LogP contribution in [0.3, 0.4) is 0 Å². The predicted molar refractivity (Wildman–Crippen MR) is 108 cm³/mol. The fraction of sp³-hybridized carbons (Fsp3) is 0.304. The third-order valence-electron chi connectivity index (χ3n) is 4.56. The van der Waals surface area contributed by atoms with Crippen molar-refractivity contribution >= 4 is 16.9 Å². The third kappa shape index (κ3) is 4.80. The highest BCUT2D eigenvalue weighted by molar-refractivity contribution is 5.81. The third-order valence-corrected chi connectivity index (χ3v) is 4.56. The molecule has 0 amide bonds. The maximum Gasteiger partial charge on any atom is 0.336 e. The van der Waals surface area contributed by atoms with Gasteiger partial charge >= 0.3 is 11.6 Å². The normalized spacial score (nSPS) is 10.8. The molecule has 0 aliphatic heterocycles. The maximum absolute atomic E-state index is 12.2. The van der Waals surface area contributed by atoms with E-state index in [9.17, 15) is 9.59 Å².